The van der Waals surface area contributed by atoms with E-state index in [1.807, 2.05) is 0 Å². The number of nitrogens with zero attached hydrogens (tertiary/aromatic N) is 2. The van der Waals surface area contributed by atoms with Gasteiger partial charge >= 0.3 is 0 Å². The van der Waals surface area contributed by atoms with Crippen molar-refractivity contribution in [3.8, 4) is 0 Å². The van der Waals surface area contributed by atoms with Crippen molar-refractivity contribution in [2.24, 2.45) is 0 Å². The van der Waals surface area contributed by atoms with Crippen molar-refractivity contribution in [1.29, 1.82) is 0 Å². The van der Waals surface area contributed by atoms with Crippen LogP contribution in [0.25, 0.3) is 0 Å². The number of benzene rings is 2. The third-order valence-electron chi connectivity index (χ3n) is 6.06. The SMILES string of the molecule is O=C1c2ccccc2C(=O)N1C[NH+](C[C@@H]1CCCO1)CN1C(=O)c2ccccc2C1=O. The molecule has 0 unspecified atom stereocenters. The Labute approximate surface area is 179 Å². The zero-order valence-corrected chi connectivity index (χ0v) is 16.9. The van der Waals surface area contributed by atoms with Gasteiger partial charge in [-0.25, -0.2) is 9.80 Å². The van der Waals surface area contributed by atoms with E-state index in [-0.39, 0.29) is 43.1 Å². The summed E-state index contributed by atoms with van der Waals surface area (Å²) in [6, 6.07) is 13.5. The monoisotopic (exact) mass is 420 g/mol. The fraction of sp³-hybridized carbons (Fsp3) is 0.304. The fourth-order valence-corrected chi connectivity index (χ4v) is 4.52. The summed E-state index contributed by atoms with van der Waals surface area (Å²) in [7, 11) is 0. The van der Waals surface area contributed by atoms with Gasteiger partial charge in [0.2, 0.25) is 0 Å². The van der Waals surface area contributed by atoms with Crippen molar-refractivity contribution in [3.63, 3.8) is 0 Å². The van der Waals surface area contributed by atoms with Crippen LogP contribution in [-0.2, 0) is 4.74 Å². The molecule has 0 spiro atoms. The van der Waals surface area contributed by atoms with Gasteiger partial charge in [0.15, 0.2) is 13.3 Å². The van der Waals surface area contributed by atoms with Crippen molar-refractivity contribution < 1.29 is 28.8 Å². The Morgan fingerprint density at radius 2 is 1.16 bits per heavy atom. The molecule has 158 valence electrons. The summed E-state index contributed by atoms with van der Waals surface area (Å²) in [6.07, 6.45) is 1.77. The van der Waals surface area contributed by atoms with Gasteiger partial charge < -0.3 is 4.74 Å². The van der Waals surface area contributed by atoms with Crippen LogP contribution in [0.1, 0.15) is 54.3 Å². The molecule has 1 N–H and O–H groups in total. The van der Waals surface area contributed by atoms with Gasteiger partial charge in [-0.3, -0.25) is 24.1 Å². The molecule has 1 fully saturated rings. The highest BCUT2D eigenvalue weighted by molar-refractivity contribution is 6.22. The van der Waals surface area contributed by atoms with E-state index in [1.165, 1.54) is 9.80 Å². The number of amides is 4. The maximum atomic E-state index is 12.8. The predicted molar refractivity (Wildman–Crippen MR) is 108 cm³/mol. The first-order valence-corrected chi connectivity index (χ1v) is 10.4. The molecule has 8 nitrogen and oxygen atoms in total. The Bertz CT molecular complexity index is 945. The number of rotatable bonds is 6. The normalized spacial score (nSPS) is 20.2. The molecule has 0 aliphatic carbocycles. The minimum Gasteiger partial charge on any atom is -0.372 e. The van der Waals surface area contributed by atoms with Crippen LogP contribution in [0.4, 0.5) is 0 Å². The maximum absolute atomic E-state index is 12.8. The van der Waals surface area contributed by atoms with Crippen LogP contribution in [0.15, 0.2) is 48.5 Å². The molecule has 1 saturated heterocycles. The second-order valence-corrected chi connectivity index (χ2v) is 8.07. The zero-order valence-electron chi connectivity index (χ0n) is 16.9. The lowest BCUT2D eigenvalue weighted by Gasteiger charge is -2.28. The fourth-order valence-electron chi connectivity index (χ4n) is 4.52. The highest BCUT2D eigenvalue weighted by atomic mass is 16.5. The second-order valence-electron chi connectivity index (χ2n) is 8.07. The summed E-state index contributed by atoms with van der Waals surface area (Å²) < 4.78 is 5.75. The molecule has 0 saturated carbocycles. The van der Waals surface area contributed by atoms with Gasteiger partial charge in [0.05, 0.1) is 22.3 Å². The van der Waals surface area contributed by atoms with E-state index in [9.17, 15) is 19.2 Å². The van der Waals surface area contributed by atoms with E-state index >= 15 is 0 Å². The number of carbonyl (C=O) groups is 4. The van der Waals surface area contributed by atoms with Crippen molar-refractivity contribution in [3.05, 3.63) is 70.8 Å². The van der Waals surface area contributed by atoms with Crippen LogP contribution in [0.3, 0.4) is 0 Å². The molecule has 2 aromatic rings. The van der Waals surface area contributed by atoms with Crippen LogP contribution in [0, 0.1) is 0 Å². The van der Waals surface area contributed by atoms with Crippen LogP contribution < -0.4 is 4.90 Å². The molecule has 1 atom stereocenters. The molecule has 4 amide bonds. The quantitative estimate of drug-likeness (QED) is 0.690. The minimum absolute atomic E-state index is 0.0413. The summed E-state index contributed by atoms with van der Waals surface area (Å²) >= 11 is 0. The first-order valence-electron chi connectivity index (χ1n) is 10.4. The number of imide groups is 2. The highest BCUT2D eigenvalue weighted by Gasteiger charge is 2.41. The molecule has 0 bridgehead atoms. The van der Waals surface area contributed by atoms with E-state index in [0.717, 1.165) is 17.7 Å². The molecular weight excluding hydrogens is 398 g/mol. The molecule has 3 aliphatic heterocycles. The third-order valence-corrected chi connectivity index (χ3v) is 6.06. The smallest absolute Gasteiger partial charge is 0.265 e. The number of quaternary nitrogens is 1. The van der Waals surface area contributed by atoms with E-state index in [2.05, 4.69) is 0 Å². The molecule has 0 radical (unpaired) electrons. The molecule has 2 aromatic carbocycles. The average Bonchev–Trinajstić information content (AvgIpc) is 3.45. The van der Waals surface area contributed by atoms with E-state index in [4.69, 9.17) is 4.74 Å². The van der Waals surface area contributed by atoms with Crippen LogP contribution in [0.2, 0.25) is 0 Å². The Balaban J connectivity index is 1.38. The van der Waals surface area contributed by atoms with Crippen LogP contribution >= 0.6 is 0 Å². The minimum atomic E-state index is -0.354. The lowest BCUT2D eigenvalue weighted by molar-refractivity contribution is -0.917. The number of hydrogen-bond donors (Lipinski definition) is 1. The molecule has 5 rings (SSSR count). The van der Waals surface area contributed by atoms with Crippen molar-refractivity contribution >= 4 is 23.6 Å². The molecule has 8 heteroatoms. The predicted octanol–water partition coefficient (Wildman–Crippen LogP) is 0.558. The topological polar surface area (TPSA) is 88.4 Å². The second kappa shape index (κ2) is 7.72. The first-order chi connectivity index (χ1) is 15.0. The summed E-state index contributed by atoms with van der Waals surface area (Å²) in [5.41, 5.74) is 1.52. The average molecular weight is 420 g/mol. The Morgan fingerprint density at radius 1 is 0.742 bits per heavy atom. The Kier molecular flexibility index (Phi) is 4.88. The lowest BCUT2D eigenvalue weighted by atomic mass is 10.1. The lowest BCUT2D eigenvalue weighted by Crippen LogP contribution is -3.16. The molecular formula is C23H22N3O5+. The van der Waals surface area contributed by atoms with Gasteiger partial charge in [-0.2, -0.15) is 0 Å². The summed E-state index contributed by atoms with van der Waals surface area (Å²) in [4.78, 5) is 54.5. The Morgan fingerprint density at radius 3 is 1.52 bits per heavy atom. The summed E-state index contributed by atoms with van der Waals surface area (Å²) in [6.45, 7) is 1.26. The largest absolute Gasteiger partial charge is 0.372 e. The van der Waals surface area contributed by atoms with Gasteiger partial charge in [-0.1, -0.05) is 24.3 Å². The van der Waals surface area contributed by atoms with Gasteiger partial charge in [-0.05, 0) is 37.1 Å². The highest BCUT2D eigenvalue weighted by Crippen LogP contribution is 2.23. The molecule has 0 aromatic heterocycles. The van der Waals surface area contributed by atoms with E-state index in [0.29, 0.717) is 35.4 Å². The molecule has 31 heavy (non-hydrogen) atoms. The van der Waals surface area contributed by atoms with E-state index in [1.54, 1.807) is 48.5 Å². The summed E-state index contributed by atoms with van der Waals surface area (Å²) in [5, 5.41) is 0. The van der Waals surface area contributed by atoms with Gasteiger partial charge in [-0.15, -0.1) is 0 Å². The van der Waals surface area contributed by atoms with Crippen molar-refractivity contribution in [1.82, 2.24) is 9.80 Å². The first kappa shape index (κ1) is 19.6. The van der Waals surface area contributed by atoms with Gasteiger partial charge in [0.1, 0.15) is 12.6 Å². The molecule has 3 aliphatic rings. The number of hydrogen-bond acceptors (Lipinski definition) is 5. The summed E-state index contributed by atoms with van der Waals surface area (Å²) in [5.74, 6) is -1.42. The van der Waals surface area contributed by atoms with Crippen molar-refractivity contribution in [2.75, 3.05) is 26.5 Å². The van der Waals surface area contributed by atoms with Crippen molar-refractivity contribution in [2.45, 2.75) is 18.9 Å². The maximum Gasteiger partial charge on any atom is 0.265 e. The zero-order chi connectivity index (χ0) is 21.5. The third kappa shape index (κ3) is 3.34. The number of carbonyl (C=O) groups excluding carboxylic acids is 4. The van der Waals surface area contributed by atoms with Crippen LogP contribution in [0.5, 0.6) is 0 Å². The molecule has 3 heterocycles. The van der Waals surface area contributed by atoms with Gasteiger partial charge in [0.25, 0.3) is 23.6 Å². The number of nitrogens with one attached hydrogen (secondary N) is 1. The Hall–Kier alpha value is -3.36. The number of fused-ring (bicyclic) bond motifs is 2. The number of ether oxygens (including phenoxy) is 1. The van der Waals surface area contributed by atoms with Crippen LogP contribution in [-0.4, -0.2) is 66.0 Å². The van der Waals surface area contributed by atoms with Gasteiger partial charge in [0, 0.05) is 6.61 Å². The van der Waals surface area contributed by atoms with E-state index < -0.39 is 0 Å². The standard InChI is InChI=1S/C23H21N3O5/c27-20-16-7-1-2-8-17(16)21(28)25(20)13-24(12-15-6-5-11-31-15)14-26-22(29)18-9-3-4-10-19(18)23(26)30/h1-4,7-10,15H,5-6,11-14H2/p+1/t15-/m0/s1.